The van der Waals surface area contributed by atoms with Crippen LogP contribution in [0.4, 0.5) is 26.3 Å². The number of likely N-dealkylation sites (N-methyl/N-ethyl adjacent to an activating group) is 1. The quantitative estimate of drug-likeness (QED) is 0.268. The summed E-state index contributed by atoms with van der Waals surface area (Å²) in [6.45, 7) is 2.95. The Kier molecular flexibility index (Phi) is 12.7. The minimum Gasteiger partial charge on any atom is -0.491 e. The fourth-order valence-corrected chi connectivity index (χ4v) is 3.99. The molecule has 3 aromatic rings. The molecular weight excluding hydrogens is 660 g/mol. The van der Waals surface area contributed by atoms with Crippen molar-refractivity contribution in [1.29, 1.82) is 0 Å². The molecule has 0 bridgehead atoms. The first kappa shape index (κ1) is 35.7. The van der Waals surface area contributed by atoms with Crippen LogP contribution in [0.5, 0.6) is 5.75 Å². The molecule has 43 heavy (non-hydrogen) atoms. The van der Waals surface area contributed by atoms with Gasteiger partial charge in [0.2, 0.25) is 0 Å². The highest BCUT2D eigenvalue weighted by Crippen LogP contribution is 2.24. The van der Waals surface area contributed by atoms with Gasteiger partial charge in [-0.05, 0) is 73.3 Å². The van der Waals surface area contributed by atoms with Crippen LogP contribution in [-0.4, -0.2) is 117 Å². The number of carboxylic acid groups (broad SMARTS) is 2. The molecule has 1 aromatic carbocycles. The molecule has 1 fully saturated rings. The van der Waals surface area contributed by atoms with E-state index in [0.29, 0.717) is 18.2 Å². The van der Waals surface area contributed by atoms with Crippen LogP contribution < -0.4 is 4.74 Å². The monoisotopic (exact) mass is 687 g/mol. The van der Waals surface area contributed by atoms with Crippen molar-refractivity contribution in [2.75, 3.05) is 40.3 Å². The first-order valence-electron chi connectivity index (χ1n) is 12.3. The van der Waals surface area contributed by atoms with E-state index >= 15 is 0 Å². The highest BCUT2D eigenvalue weighted by molar-refractivity contribution is 9.10. The molecule has 0 saturated carbocycles. The van der Waals surface area contributed by atoms with E-state index in [2.05, 4.69) is 54.8 Å². The van der Waals surface area contributed by atoms with Gasteiger partial charge in [0.1, 0.15) is 24.3 Å². The van der Waals surface area contributed by atoms with Crippen LogP contribution in [0.25, 0.3) is 22.6 Å². The third kappa shape index (κ3) is 12.0. The number of aromatic amines is 1. The SMILES string of the molecule is CN(C)C1CCN(CC(O)COc2ccc(-c3nc4ncc(Br)cc4[nH]3)cc2)C1.O=C(O)C(F)(F)F.O=C(O)C(F)(F)F. The van der Waals surface area contributed by atoms with Crippen molar-refractivity contribution in [3.63, 3.8) is 0 Å². The molecule has 2 atom stereocenters. The lowest BCUT2D eigenvalue weighted by atomic mass is 10.2. The Balaban J connectivity index is 0.000000384. The number of carboxylic acids is 2. The molecule has 0 spiro atoms. The van der Waals surface area contributed by atoms with Crippen LogP contribution >= 0.6 is 15.9 Å². The van der Waals surface area contributed by atoms with Gasteiger partial charge in [-0.15, -0.1) is 0 Å². The number of alkyl halides is 6. The van der Waals surface area contributed by atoms with Crippen molar-refractivity contribution < 1.29 is 56.0 Å². The van der Waals surface area contributed by atoms with Crippen molar-refractivity contribution >= 4 is 39.0 Å². The number of ether oxygens (including phenoxy) is 1. The average Bonchev–Trinajstić information content (AvgIpc) is 3.54. The van der Waals surface area contributed by atoms with Crippen LogP contribution in [0, 0.1) is 0 Å². The zero-order chi connectivity index (χ0) is 32.5. The van der Waals surface area contributed by atoms with Crippen molar-refractivity contribution in [2.24, 2.45) is 0 Å². The number of aliphatic carboxylic acids is 2. The fourth-order valence-electron chi connectivity index (χ4n) is 3.66. The van der Waals surface area contributed by atoms with Crippen molar-refractivity contribution in [3.8, 4) is 17.1 Å². The van der Waals surface area contributed by atoms with Gasteiger partial charge in [-0.1, -0.05) is 0 Å². The molecule has 4 N–H and O–H groups in total. The highest BCUT2D eigenvalue weighted by Gasteiger charge is 2.38. The molecule has 0 amide bonds. The second kappa shape index (κ2) is 15.3. The van der Waals surface area contributed by atoms with Gasteiger partial charge in [-0.2, -0.15) is 26.3 Å². The van der Waals surface area contributed by atoms with Gasteiger partial charge < -0.3 is 29.9 Å². The lowest BCUT2D eigenvalue weighted by molar-refractivity contribution is -0.193. The number of hydrogen-bond acceptors (Lipinski definition) is 8. The zero-order valence-electron chi connectivity index (χ0n) is 22.7. The lowest BCUT2D eigenvalue weighted by Gasteiger charge is -2.22. The Bertz CT molecular complexity index is 1330. The topological polar surface area (TPSA) is 152 Å². The summed E-state index contributed by atoms with van der Waals surface area (Å²) in [7, 11) is 4.22. The Morgan fingerprint density at radius 3 is 2.16 bits per heavy atom. The van der Waals surface area contributed by atoms with Gasteiger partial charge in [-0.25, -0.2) is 19.6 Å². The molecule has 11 nitrogen and oxygen atoms in total. The number of aromatic nitrogens is 3. The van der Waals surface area contributed by atoms with Crippen LogP contribution in [0.2, 0.25) is 0 Å². The fraction of sp³-hybridized carbons (Fsp3) is 0.440. The van der Waals surface area contributed by atoms with Crippen LogP contribution in [-0.2, 0) is 9.59 Å². The standard InChI is InChI=1S/C21H26BrN5O2.2C2HF3O2/c1-26(2)16-7-8-27(11-16)12-17(28)13-29-18-5-3-14(4-6-18)20-24-19-9-15(22)10-23-21(19)25-20;2*3-2(4,5)1(6)7/h3-6,9-10,16-17,28H,7-8,11-13H2,1-2H3,(H,23,24,25);2*(H,6,7). The van der Waals surface area contributed by atoms with Crippen molar-refractivity contribution in [2.45, 2.75) is 30.9 Å². The number of aliphatic hydroxyl groups excluding tert-OH is 1. The van der Waals surface area contributed by atoms with Crippen molar-refractivity contribution in [3.05, 3.63) is 41.0 Å². The third-order valence-electron chi connectivity index (χ3n) is 5.81. The predicted octanol–water partition coefficient (Wildman–Crippen LogP) is 4.03. The molecule has 1 saturated heterocycles. The smallest absolute Gasteiger partial charge is 0.490 e. The second-order valence-corrected chi connectivity index (χ2v) is 10.3. The minimum absolute atomic E-state index is 0.283. The molecule has 2 unspecified atom stereocenters. The minimum atomic E-state index is -5.08. The number of H-pyrrole nitrogens is 1. The molecule has 0 aliphatic carbocycles. The predicted molar refractivity (Wildman–Crippen MR) is 144 cm³/mol. The normalized spacial score (nSPS) is 16.2. The molecule has 0 radical (unpaired) electrons. The van der Waals surface area contributed by atoms with E-state index < -0.39 is 30.4 Å². The summed E-state index contributed by atoms with van der Waals surface area (Å²) in [6.07, 6.45) is -7.79. The summed E-state index contributed by atoms with van der Waals surface area (Å²) in [6, 6.07) is 10.2. The number of rotatable bonds is 7. The number of likely N-dealkylation sites (tertiary alicyclic amines) is 1. The number of fused-ring (bicyclic) bond motifs is 1. The lowest BCUT2D eigenvalue weighted by Crippen LogP contribution is -2.37. The number of β-amino-alcohol motifs (C(OH)–C–C–N with tert-alkyl or cyclic N) is 1. The first-order chi connectivity index (χ1) is 19.9. The maximum absolute atomic E-state index is 10.6. The number of nitrogens with zero attached hydrogens (tertiary/aromatic N) is 4. The Hall–Kier alpha value is -3.48. The number of imidazole rings is 1. The van der Waals surface area contributed by atoms with Gasteiger partial charge >= 0.3 is 24.3 Å². The summed E-state index contributed by atoms with van der Waals surface area (Å²) in [5.41, 5.74) is 2.53. The van der Waals surface area contributed by atoms with E-state index in [1.165, 1.54) is 0 Å². The summed E-state index contributed by atoms with van der Waals surface area (Å²) in [5.74, 6) is -4.01. The van der Waals surface area contributed by atoms with E-state index in [1.54, 1.807) is 6.20 Å². The van der Waals surface area contributed by atoms with Gasteiger partial charge in [0.05, 0.1) is 5.52 Å². The molecular formula is C25H28BrF6N5O6. The first-order valence-corrected chi connectivity index (χ1v) is 13.1. The van der Waals surface area contributed by atoms with Gasteiger partial charge in [0.15, 0.2) is 5.65 Å². The van der Waals surface area contributed by atoms with E-state index in [9.17, 15) is 31.4 Å². The van der Waals surface area contributed by atoms with E-state index in [0.717, 1.165) is 46.6 Å². The average molecular weight is 688 g/mol. The summed E-state index contributed by atoms with van der Waals surface area (Å²) in [5, 5.41) is 24.6. The number of pyridine rings is 1. The van der Waals surface area contributed by atoms with Gasteiger partial charge in [-0.3, -0.25) is 4.90 Å². The van der Waals surface area contributed by atoms with Crippen LogP contribution in [0.1, 0.15) is 6.42 Å². The van der Waals surface area contributed by atoms with Crippen LogP contribution in [0.15, 0.2) is 41.0 Å². The molecule has 1 aliphatic rings. The number of benzene rings is 1. The Labute approximate surface area is 249 Å². The number of aliphatic hydroxyl groups is 1. The largest absolute Gasteiger partial charge is 0.491 e. The van der Waals surface area contributed by atoms with Gasteiger partial charge in [0, 0.05) is 35.4 Å². The van der Waals surface area contributed by atoms with Crippen LogP contribution in [0.3, 0.4) is 0 Å². The molecule has 4 rings (SSSR count). The van der Waals surface area contributed by atoms with Crippen molar-refractivity contribution in [1.82, 2.24) is 24.8 Å². The van der Waals surface area contributed by atoms with Gasteiger partial charge in [0.25, 0.3) is 0 Å². The molecule has 1 aliphatic heterocycles. The molecule has 2 aromatic heterocycles. The Morgan fingerprint density at radius 2 is 1.67 bits per heavy atom. The van der Waals surface area contributed by atoms with E-state index in [4.69, 9.17) is 24.5 Å². The summed E-state index contributed by atoms with van der Waals surface area (Å²) >= 11 is 3.42. The number of nitrogens with one attached hydrogen (secondary N) is 1. The number of carbonyl (C=O) groups is 2. The third-order valence-corrected chi connectivity index (χ3v) is 6.24. The maximum atomic E-state index is 10.6. The summed E-state index contributed by atoms with van der Waals surface area (Å²) in [4.78, 5) is 34.5. The highest BCUT2D eigenvalue weighted by atomic mass is 79.9. The number of halogens is 7. The Morgan fingerprint density at radius 1 is 1.12 bits per heavy atom. The maximum Gasteiger partial charge on any atom is 0.490 e. The second-order valence-electron chi connectivity index (χ2n) is 9.37. The zero-order valence-corrected chi connectivity index (χ0v) is 24.2. The summed E-state index contributed by atoms with van der Waals surface area (Å²) < 4.78 is 70.2. The van der Waals surface area contributed by atoms with E-state index in [1.807, 2.05) is 30.3 Å². The molecule has 3 heterocycles. The molecule has 18 heteroatoms. The number of hydrogen-bond donors (Lipinski definition) is 4. The molecule has 238 valence electrons. The van der Waals surface area contributed by atoms with E-state index in [-0.39, 0.29) is 6.61 Å².